The molecule has 0 bridgehead atoms. The lowest BCUT2D eigenvalue weighted by atomic mass is 10.1. The number of fused-ring (bicyclic) bond motifs is 1. The van der Waals surface area contributed by atoms with Crippen molar-refractivity contribution < 1.29 is 4.74 Å². The number of nitrogens with zero attached hydrogens (tertiary/aromatic N) is 5. The van der Waals surface area contributed by atoms with E-state index in [1.807, 2.05) is 17.2 Å². The summed E-state index contributed by atoms with van der Waals surface area (Å²) in [6.45, 7) is 6.37. The van der Waals surface area contributed by atoms with Crippen LogP contribution < -0.4 is 0 Å². The molecular weight excluding hydrogens is 422 g/mol. The molecule has 2 fully saturated rings. The summed E-state index contributed by atoms with van der Waals surface area (Å²) >= 11 is 0. The number of aromatic nitrogens is 4. The molecule has 6 rings (SSSR count). The van der Waals surface area contributed by atoms with Crippen molar-refractivity contribution in [2.24, 2.45) is 5.92 Å². The van der Waals surface area contributed by atoms with Gasteiger partial charge in [0.15, 0.2) is 0 Å². The Morgan fingerprint density at radius 3 is 2.82 bits per heavy atom. The molecule has 1 unspecified atom stereocenters. The standard InChI is InChI=1S/C28H33N5O/c1-21-13-23(17-31(21)16-22-7-3-2-4-8-22)18-32-20-29-26-14-24(10-11-27(26)32)25-15-30-33(19-25)28-9-5-6-12-34-28/h2-4,7-8,10-11,14-15,19-21,23,28H,5-6,9,12-13,16-18H2,1H3/t21-,23-,28?/m0/s1. The maximum absolute atomic E-state index is 5.88. The van der Waals surface area contributed by atoms with Gasteiger partial charge in [-0.1, -0.05) is 36.4 Å². The van der Waals surface area contributed by atoms with Gasteiger partial charge in [0.25, 0.3) is 0 Å². The first-order valence-corrected chi connectivity index (χ1v) is 12.6. The van der Waals surface area contributed by atoms with E-state index in [4.69, 9.17) is 9.72 Å². The molecule has 0 N–H and O–H groups in total. The smallest absolute Gasteiger partial charge is 0.150 e. The van der Waals surface area contributed by atoms with Crippen molar-refractivity contribution in [3.05, 3.63) is 72.8 Å². The van der Waals surface area contributed by atoms with Crippen molar-refractivity contribution in [3.63, 3.8) is 0 Å². The highest BCUT2D eigenvalue weighted by molar-refractivity contribution is 5.81. The zero-order chi connectivity index (χ0) is 22.9. The third kappa shape index (κ3) is 4.40. The molecule has 2 aliphatic heterocycles. The predicted octanol–water partition coefficient (Wildman–Crippen LogP) is 5.51. The Kier molecular flexibility index (Phi) is 5.93. The van der Waals surface area contributed by atoms with Gasteiger partial charge in [0.05, 0.1) is 23.6 Å². The van der Waals surface area contributed by atoms with Crippen LogP contribution in [-0.2, 0) is 17.8 Å². The lowest BCUT2D eigenvalue weighted by Gasteiger charge is -2.22. The molecule has 0 aliphatic carbocycles. The molecule has 2 aromatic heterocycles. The van der Waals surface area contributed by atoms with Crippen molar-refractivity contribution in [3.8, 4) is 11.1 Å². The van der Waals surface area contributed by atoms with Gasteiger partial charge in [-0.2, -0.15) is 5.10 Å². The quantitative estimate of drug-likeness (QED) is 0.385. The van der Waals surface area contributed by atoms with Gasteiger partial charge >= 0.3 is 0 Å². The molecule has 6 heteroatoms. The van der Waals surface area contributed by atoms with Gasteiger partial charge in [0.2, 0.25) is 0 Å². The van der Waals surface area contributed by atoms with Gasteiger partial charge in [0.1, 0.15) is 6.23 Å². The number of likely N-dealkylation sites (tertiary alicyclic amines) is 1. The number of imidazole rings is 1. The van der Waals surface area contributed by atoms with Crippen LogP contribution in [0.2, 0.25) is 0 Å². The van der Waals surface area contributed by atoms with E-state index >= 15 is 0 Å². The zero-order valence-electron chi connectivity index (χ0n) is 19.9. The zero-order valence-corrected chi connectivity index (χ0v) is 19.9. The minimum Gasteiger partial charge on any atom is -0.357 e. The maximum atomic E-state index is 5.88. The number of benzene rings is 2. The largest absolute Gasteiger partial charge is 0.357 e. The van der Waals surface area contributed by atoms with E-state index in [2.05, 4.69) is 76.2 Å². The normalized spacial score (nSPS) is 23.6. The fraction of sp³-hybridized carbons (Fsp3) is 0.429. The Hall–Kier alpha value is -2.96. The molecular formula is C28H33N5O. The van der Waals surface area contributed by atoms with E-state index in [9.17, 15) is 0 Å². The molecule has 0 spiro atoms. The van der Waals surface area contributed by atoms with Gasteiger partial charge in [0, 0.05) is 44.0 Å². The first kappa shape index (κ1) is 21.6. The van der Waals surface area contributed by atoms with Crippen molar-refractivity contribution in [1.29, 1.82) is 0 Å². The van der Waals surface area contributed by atoms with E-state index in [-0.39, 0.29) is 6.23 Å². The van der Waals surface area contributed by atoms with Crippen LogP contribution in [0, 0.1) is 5.92 Å². The van der Waals surface area contributed by atoms with Gasteiger partial charge < -0.3 is 9.30 Å². The first-order chi connectivity index (χ1) is 16.7. The maximum Gasteiger partial charge on any atom is 0.150 e. The summed E-state index contributed by atoms with van der Waals surface area (Å²) in [7, 11) is 0. The Bertz CT molecular complexity index is 1240. The summed E-state index contributed by atoms with van der Waals surface area (Å²) in [5.74, 6) is 0.643. The van der Waals surface area contributed by atoms with Gasteiger partial charge in [-0.15, -0.1) is 0 Å². The lowest BCUT2D eigenvalue weighted by molar-refractivity contribution is -0.0394. The van der Waals surface area contributed by atoms with Gasteiger partial charge in [-0.25, -0.2) is 9.67 Å². The van der Waals surface area contributed by atoms with E-state index in [0.717, 1.165) is 55.7 Å². The van der Waals surface area contributed by atoms with E-state index in [0.29, 0.717) is 12.0 Å². The highest BCUT2D eigenvalue weighted by Gasteiger charge is 2.29. The molecule has 0 radical (unpaired) electrons. The van der Waals surface area contributed by atoms with Crippen LogP contribution in [0.25, 0.3) is 22.2 Å². The van der Waals surface area contributed by atoms with E-state index in [1.54, 1.807) is 0 Å². The van der Waals surface area contributed by atoms with Crippen molar-refractivity contribution >= 4 is 11.0 Å². The third-order valence-corrected chi connectivity index (χ3v) is 7.48. The lowest BCUT2D eigenvalue weighted by Crippen LogP contribution is -2.26. The van der Waals surface area contributed by atoms with Crippen LogP contribution in [-0.4, -0.2) is 43.4 Å². The fourth-order valence-corrected chi connectivity index (χ4v) is 5.63. The first-order valence-electron chi connectivity index (χ1n) is 12.6. The summed E-state index contributed by atoms with van der Waals surface area (Å²) in [5.41, 5.74) is 5.93. The number of ether oxygens (including phenoxy) is 1. The SMILES string of the molecule is C[C@H]1C[C@H](Cn2cnc3cc(-c4cnn(C5CCCCO5)c4)ccc32)CN1Cc1ccccc1. The Morgan fingerprint density at radius 1 is 1.06 bits per heavy atom. The third-order valence-electron chi connectivity index (χ3n) is 7.48. The average Bonchev–Trinajstić information content (AvgIpc) is 3.60. The second-order valence-electron chi connectivity index (χ2n) is 10.00. The molecule has 34 heavy (non-hydrogen) atoms. The molecule has 6 nitrogen and oxygen atoms in total. The van der Waals surface area contributed by atoms with Crippen molar-refractivity contribution in [2.45, 2.75) is 58.0 Å². The van der Waals surface area contributed by atoms with E-state index < -0.39 is 0 Å². The van der Waals surface area contributed by atoms with Crippen LogP contribution in [0.5, 0.6) is 0 Å². The van der Waals surface area contributed by atoms with Crippen LogP contribution >= 0.6 is 0 Å². The molecule has 176 valence electrons. The second-order valence-corrected chi connectivity index (χ2v) is 10.00. The molecule has 2 aromatic carbocycles. The van der Waals surface area contributed by atoms with Crippen LogP contribution in [0.15, 0.2) is 67.3 Å². The summed E-state index contributed by atoms with van der Waals surface area (Å²) in [5, 5.41) is 4.58. The molecule has 4 heterocycles. The summed E-state index contributed by atoms with van der Waals surface area (Å²) in [4.78, 5) is 7.36. The van der Waals surface area contributed by atoms with E-state index in [1.165, 1.54) is 23.9 Å². The summed E-state index contributed by atoms with van der Waals surface area (Å²) in [6, 6.07) is 18.0. The van der Waals surface area contributed by atoms with Crippen molar-refractivity contribution in [2.75, 3.05) is 13.2 Å². The second kappa shape index (κ2) is 9.35. The minimum atomic E-state index is 0.0701. The van der Waals surface area contributed by atoms with Gasteiger partial charge in [-0.05, 0) is 61.8 Å². The number of hydrogen-bond acceptors (Lipinski definition) is 4. The molecule has 2 saturated heterocycles. The molecule has 0 saturated carbocycles. The highest BCUT2D eigenvalue weighted by atomic mass is 16.5. The monoisotopic (exact) mass is 455 g/mol. The number of rotatable bonds is 6. The predicted molar refractivity (Wildman–Crippen MR) is 134 cm³/mol. The average molecular weight is 456 g/mol. The summed E-state index contributed by atoms with van der Waals surface area (Å²) in [6.07, 6.45) is 10.7. The van der Waals surface area contributed by atoms with Crippen LogP contribution in [0.3, 0.4) is 0 Å². The Morgan fingerprint density at radius 2 is 1.97 bits per heavy atom. The summed E-state index contributed by atoms with van der Waals surface area (Å²) < 4.78 is 10.2. The van der Waals surface area contributed by atoms with Crippen LogP contribution in [0.1, 0.15) is 44.4 Å². The topological polar surface area (TPSA) is 48.1 Å². The Balaban J connectivity index is 1.14. The van der Waals surface area contributed by atoms with Crippen LogP contribution in [0.4, 0.5) is 0 Å². The molecule has 2 aliphatic rings. The molecule has 4 aromatic rings. The fourth-order valence-electron chi connectivity index (χ4n) is 5.63. The minimum absolute atomic E-state index is 0.0701. The highest BCUT2D eigenvalue weighted by Crippen LogP contribution is 2.30. The van der Waals surface area contributed by atoms with Gasteiger partial charge in [-0.3, -0.25) is 4.90 Å². The molecule has 0 amide bonds. The Labute approximate surface area is 201 Å². The van der Waals surface area contributed by atoms with Crippen molar-refractivity contribution in [1.82, 2.24) is 24.2 Å². The molecule has 3 atom stereocenters. The number of hydrogen-bond donors (Lipinski definition) is 0.